The van der Waals surface area contributed by atoms with Crippen LogP contribution < -0.4 is 10.6 Å². The maximum absolute atomic E-state index is 12.9. The van der Waals surface area contributed by atoms with Gasteiger partial charge in [0.1, 0.15) is 0 Å². The van der Waals surface area contributed by atoms with Crippen molar-refractivity contribution in [2.75, 3.05) is 5.32 Å². The Morgan fingerprint density at radius 3 is 2.36 bits per heavy atom. The SMILES string of the molecule is CC(=O)Nc1ccc(C2(C(=O)NCc3cccc(C)c3)CCC2)cc1. The summed E-state index contributed by atoms with van der Waals surface area (Å²) in [5.41, 5.74) is 3.65. The van der Waals surface area contributed by atoms with Crippen molar-refractivity contribution in [3.05, 3.63) is 65.2 Å². The predicted octanol–water partition coefficient (Wildman–Crippen LogP) is 3.69. The van der Waals surface area contributed by atoms with Crippen molar-refractivity contribution in [2.24, 2.45) is 0 Å². The molecule has 4 nitrogen and oxygen atoms in total. The van der Waals surface area contributed by atoms with Gasteiger partial charge in [0.15, 0.2) is 0 Å². The fourth-order valence-electron chi connectivity index (χ4n) is 3.43. The van der Waals surface area contributed by atoms with Crippen molar-refractivity contribution >= 4 is 17.5 Å². The monoisotopic (exact) mass is 336 g/mol. The van der Waals surface area contributed by atoms with Crippen molar-refractivity contribution in [1.82, 2.24) is 5.32 Å². The molecule has 2 aromatic carbocycles. The molecular formula is C21H24N2O2. The van der Waals surface area contributed by atoms with Crippen LogP contribution in [0.15, 0.2) is 48.5 Å². The first kappa shape index (κ1) is 17.2. The van der Waals surface area contributed by atoms with Crippen LogP contribution in [-0.4, -0.2) is 11.8 Å². The van der Waals surface area contributed by atoms with E-state index in [4.69, 9.17) is 0 Å². The highest BCUT2D eigenvalue weighted by Crippen LogP contribution is 2.44. The van der Waals surface area contributed by atoms with E-state index in [1.54, 1.807) is 0 Å². The minimum Gasteiger partial charge on any atom is -0.351 e. The fraction of sp³-hybridized carbons (Fsp3) is 0.333. The number of aryl methyl sites for hydroxylation is 1. The Bertz CT molecular complexity index is 777. The smallest absolute Gasteiger partial charge is 0.230 e. The lowest BCUT2D eigenvalue weighted by atomic mass is 9.63. The molecule has 4 heteroatoms. The van der Waals surface area contributed by atoms with Crippen LogP contribution in [0.4, 0.5) is 5.69 Å². The Morgan fingerprint density at radius 1 is 1.08 bits per heavy atom. The summed E-state index contributed by atoms with van der Waals surface area (Å²) < 4.78 is 0. The molecule has 1 saturated carbocycles. The number of rotatable bonds is 5. The van der Waals surface area contributed by atoms with Crippen molar-refractivity contribution in [3.8, 4) is 0 Å². The molecule has 130 valence electrons. The fourth-order valence-corrected chi connectivity index (χ4v) is 3.43. The first-order valence-electron chi connectivity index (χ1n) is 8.72. The van der Waals surface area contributed by atoms with Crippen LogP contribution in [0.25, 0.3) is 0 Å². The summed E-state index contributed by atoms with van der Waals surface area (Å²) in [5.74, 6) is -0.00506. The van der Waals surface area contributed by atoms with Crippen molar-refractivity contribution in [3.63, 3.8) is 0 Å². The van der Waals surface area contributed by atoms with E-state index in [9.17, 15) is 9.59 Å². The van der Waals surface area contributed by atoms with E-state index >= 15 is 0 Å². The first-order valence-corrected chi connectivity index (χ1v) is 8.72. The lowest BCUT2D eigenvalue weighted by Crippen LogP contribution is -2.49. The van der Waals surface area contributed by atoms with Gasteiger partial charge in [-0.1, -0.05) is 48.4 Å². The molecule has 0 radical (unpaired) electrons. The molecule has 1 aliphatic carbocycles. The molecule has 0 bridgehead atoms. The Labute approximate surface area is 148 Å². The Hall–Kier alpha value is -2.62. The van der Waals surface area contributed by atoms with Gasteiger partial charge in [-0.25, -0.2) is 0 Å². The van der Waals surface area contributed by atoms with E-state index in [1.807, 2.05) is 36.4 Å². The third-order valence-corrected chi connectivity index (χ3v) is 4.94. The highest BCUT2D eigenvalue weighted by atomic mass is 16.2. The number of benzene rings is 2. The summed E-state index contributed by atoms with van der Waals surface area (Å²) in [6, 6.07) is 15.8. The summed E-state index contributed by atoms with van der Waals surface area (Å²) in [6.45, 7) is 4.09. The second-order valence-corrected chi connectivity index (χ2v) is 6.87. The van der Waals surface area contributed by atoms with Crippen LogP contribution in [0.3, 0.4) is 0 Å². The van der Waals surface area contributed by atoms with Gasteiger partial charge < -0.3 is 10.6 Å². The van der Waals surface area contributed by atoms with E-state index in [2.05, 4.69) is 29.7 Å². The van der Waals surface area contributed by atoms with Crippen LogP contribution in [0.1, 0.15) is 42.9 Å². The molecule has 1 fully saturated rings. The van der Waals surface area contributed by atoms with Gasteiger partial charge in [-0.2, -0.15) is 0 Å². The zero-order valence-corrected chi connectivity index (χ0v) is 14.8. The van der Waals surface area contributed by atoms with Gasteiger partial charge in [-0.3, -0.25) is 9.59 Å². The van der Waals surface area contributed by atoms with Crippen LogP contribution in [0.2, 0.25) is 0 Å². The lowest BCUT2D eigenvalue weighted by Gasteiger charge is -2.40. The topological polar surface area (TPSA) is 58.2 Å². The van der Waals surface area contributed by atoms with Gasteiger partial charge in [-0.05, 0) is 43.0 Å². The van der Waals surface area contributed by atoms with E-state index < -0.39 is 5.41 Å². The van der Waals surface area contributed by atoms with Crippen molar-refractivity contribution in [2.45, 2.75) is 45.1 Å². The third kappa shape index (κ3) is 3.73. The molecule has 0 atom stereocenters. The van der Waals surface area contributed by atoms with Gasteiger partial charge >= 0.3 is 0 Å². The van der Waals surface area contributed by atoms with Crippen LogP contribution >= 0.6 is 0 Å². The van der Waals surface area contributed by atoms with E-state index in [1.165, 1.54) is 12.5 Å². The van der Waals surface area contributed by atoms with Gasteiger partial charge in [-0.15, -0.1) is 0 Å². The highest BCUT2D eigenvalue weighted by molar-refractivity contribution is 5.90. The average molecular weight is 336 g/mol. The van der Waals surface area contributed by atoms with Crippen LogP contribution in [-0.2, 0) is 21.5 Å². The summed E-state index contributed by atoms with van der Waals surface area (Å²) >= 11 is 0. The van der Waals surface area contributed by atoms with Crippen molar-refractivity contribution < 1.29 is 9.59 Å². The minimum atomic E-state index is -0.432. The van der Waals surface area contributed by atoms with E-state index in [0.717, 1.165) is 36.1 Å². The van der Waals surface area contributed by atoms with Crippen LogP contribution in [0, 0.1) is 6.92 Å². The molecular weight excluding hydrogens is 312 g/mol. The third-order valence-electron chi connectivity index (χ3n) is 4.94. The number of hydrogen-bond donors (Lipinski definition) is 2. The Balaban J connectivity index is 1.71. The van der Waals surface area contributed by atoms with Gasteiger partial charge in [0.05, 0.1) is 5.41 Å². The number of carbonyl (C=O) groups excluding carboxylic acids is 2. The van der Waals surface area contributed by atoms with Gasteiger partial charge in [0.25, 0.3) is 0 Å². The Kier molecular flexibility index (Phi) is 4.88. The zero-order chi connectivity index (χ0) is 17.9. The zero-order valence-electron chi connectivity index (χ0n) is 14.8. The normalized spacial score (nSPS) is 15.1. The average Bonchev–Trinajstić information content (AvgIpc) is 2.53. The molecule has 25 heavy (non-hydrogen) atoms. The van der Waals surface area contributed by atoms with Crippen molar-refractivity contribution in [1.29, 1.82) is 0 Å². The summed E-state index contributed by atoms with van der Waals surface area (Å²) in [4.78, 5) is 24.0. The molecule has 2 amide bonds. The molecule has 0 unspecified atom stereocenters. The molecule has 2 N–H and O–H groups in total. The molecule has 2 aromatic rings. The second-order valence-electron chi connectivity index (χ2n) is 6.87. The predicted molar refractivity (Wildman–Crippen MR) is 99.3 cm³/mol. The lowest BCUT2D eigenvalue weighted by molar-refractivity contribution is -0.130. The highest BCUT2D eigenvalue weighted by Gasteiger charge is 2.45. The largest absolute Gasteiger partial charge is 0.351 e. The molecule has 0 saturated heterocycles. The maximum atomic E-state index is 12.9. The second kappa shape index (κ2) is 7.09. The number of nitrogens with one attached hydrogen (secondary N) is 2. The van der Waals surface area contributed by atoms with Gasteiger partial charge in [0, 0.05) is 19.2 Å². The standard InChI is InChI=1S/C21H24N2O2/c1-15-5-3-6-17(13-15)14-22-20(25)21(11-4-12-21)18-7-9-19(10-8-18)23-16(2)24/h3,5-10,13H,4,11-12,14H2,1-2H3,(H,22,25)(H,23,24). The molecule has 1 aliphatic rings. The summed E-state index contributed by atoms with van der Waals surface area (Å²) in [7, 11) is 0. The summed E-state index contributed by atoms with van der Waals surface area (Å²) in [5, 5.41) is 5.87. The summed E-state index contributed by atoms with van der Waals surface area (Å²) in [6.07, 6.45) is 2.80. The van der Waals surface area contributed by atoms with E-state index in [0.29, 0.717) is 6.54 Å². The number of amides is 2. The minimum absolute atomic E-state index is 0.0903. The van der Waals surface area contributed by atoms with E-state index in [-0.39, 0.29) is 11.8 Å². The number of carbonyl (C=O) groups is 2. The maximum Gasteiger partial charge on any atom is 0.230 e. The van der Waals surface area contributed by atoms with Crippen LogP contribution in [0.5, 0.6) is 0 Å². The molecule has 0 aromatic heterocycles. The molecule has 0 heterocycles. The number of anilines is 1. The Morgan fingerprint density at radius 2 is 1.80 bits per heavy atom. The number of hydrogen-bond acceptors (Lipinski definition) is 2. The van der Waals surface area contributed by atoms with Gasteiger partial charge in [0.2, 0.25) is 11.8 Å². The quantitative estimate of drug-likeness (QED) is 0.875. The molecule has 0 aliphatic heterocycles. The molecule has 0 spiro atoms. The first-order chi connectivity index (χ1) is 12.0. The molecule has 3 rings (SSSR count).